The van der Waals surface area contributed by atoms with E-state index in [2.05, 4.69) is 5.32 Å². The molecular weight excluding hydrogens is 312 g/mol. The monoisotopic (exact) mass is 334 g/mol. The van der Waals surface area contributed by atoms with Crippen LogP contribution < -0.4 is 11.1 Å². The van der Waals surface area contributed by atoms with Crippen LogP contribution in [0, 0.1) is 5.92 Å². The van der Waals surface area contributed by atoms with Crippen molar-refractivity contribution in [2.75, 3.05) is 6.26 Å². The zero-order valence-corrected chi connectivity index (χ0v) is 14.1. The highest BCUT2D eigenvalue weighted by atomic mass is 35.5. The first-order valence-electron chi connectivity index (χ1n) is 6.48. The Balaban J connectivity index is 0.00000400. The summed E-state index contributed by atoms with van der Waals surface area (Å²) in [6.45, 7) is 4.04. The molecule has 1 atom stereocenters. The van der Waals surface area contributed by atoms with Gasteiger partial charge in [0.2, 0.25) is 5.91 Å². The molecule has 3 N–H and O–H groups in total. The zero-order valence-electron chi connectivity index (χ0n) is 12.5. The van der Waals surface area contributed by atoms with Crippen molar-refractivity contribution >= 4 is 28.2 Å². The summed E-state index contributed by atoms with van der Waals surface area (Å²) < 4.78 is 22.8. The van der Waals surface area contributed by atoms with E-state index in [1.807, 2.05) is 26.0 Å². The lowest BCUT2D eigenvalue weighted by Gasteiger charge is -2.16. The standard InChI is InChI=1S/C14H22N2O3S.ClH/c1-10(2)13(15)14(17)16-8-11-6-4-5-7-12(11)9-20(3,18)19;/h4-7,10,13H,8-9,15H2,1-3H3,(H,16,17);1H/t13-;/m0./s1. The van der Waals surface area contributed by atoms with Gasteiger partial charge >= 0.3 is 0 Å². The first kappa shape index (κ1) is 19.9. The maximum absolute atomic E-state index is 11.8. The number of carbonyl (C=O) groups excluding carboxylic acids is 1. The highest BCUT2D eigenvalue weighted by Crippen LogP contribution is 2.12. The zero-order chi connectivity index (χ0) is 15.3. The molecule has 0 spiro atoms. The van der Waals surface area contributed by atoms with Crippen molar-refractivity contribution in [2.24, 2.45) is 11.7 Å². The molecule has 5 nitrogen and oxygen atoms in total. The number of halogens is 1. The van der Waals surface area contributed by atoms with Crippen LogP contribution in [0.1, 0.15) is 25.0 Å². The Morgan fingerprint density at radius 3 is 2.24 bits per heavy atom. The summed E-state index contributed by atoms with van der Waals surface area (Å²) in [7, 11) is -3.11. The molecular formula is C14H23ClN2O3S. The van der Waals surface area contributed by atoms with Crippen LogP contribution in [0.2, 0.25) is 0 Å². The minimum Gasteiger partial charge on any atom is -0.351 e. The van der Waals surface area contributed by atoms with E-state index in [9.17, 15) is 13.2 Å². The van der Waals surface area contributed by atoms with Gasteiger partial charge in [-0.25, -0.2) is 8.42 Å². The molecule has 120 valence electrons. The summed E-state index contributed by atoms with van der Waals surface area (Å²) in [5, 5.41) is 2.75. The van der Waals surface area contributed by atoms with E-state index in [1.54, 1.807) is 12.1 Å². The Kier molecular flexibility index (Phi) is 7.92. The lowest BCUT2D eigenvalue weighted by molar-refractivity contribution is -0.123. The topological polar surface area (TPSA) is 89.3 Å². The summed E-state index contributed by atoms with van der Waals surface area (Å²) in [5.74, 6) is -0.203. The average Bonchev–Trinajstić information content (AvgIpc) is 2.34. The van der Waals surface area contributed by atoms with Gasteiger partial charge < -0.3 is 11.1 Å². The molecule has 0 aromatic heterocycles. The number of carbonyl (C=O) groups is 1. The molecule has 7 heteroatoms. The predicted molar refractivity (Wildman–Crippen MR) is 86.9 cm³/mol. The van der Waals surface area contributed by atoms with E-state index < -0.39 is 15.9 Å². The molecule has 0 saturated heterocycles. The molecule has 1 aromatic carbocycles. The number of amides is 1. The number of benzene rings is 1. The molecule has 1 rings (SSSR count). The van der Waals surface area contributed by atoms with Crippen LogP contribution in [-0.2, 0) is 26.9 Å². The minimum absolute atomic E-state index is 0. The third-order valence-electron chi connectivity index (χ3n) is 3.01. The van der Waals surface area contributed by atoms with E-state index in [1.165, 1.54) is 6.26 Å². The maximum Gasteiger partial charge on any atom is 0.237 e. The van der Waals surface area contributed by atoms with Crippen molar-refractivity contribution in [3.63, 3.8) is 0 Å². The summed E-state index contributed by atoms with van der Waals surface area (Å²) in [6.07, 6.45) is 1.19. The van der Waals surface area contributed by atoms with Gasteiger partial charge in [-0.1, -0.05) is 38.1 Å². The molecule has 0 radical (unpaired) electrons. The Labute approximate surface area is 132 Å². The quantitative estimate of drug-likeness (QED) is 0.819. The van der Waals surface area contributed by atoms with Crippen molar-refractivity contribution in [1.29, 1.82) is 0 Å². The number of nitrogens with one attached hydrogen (secondary N) is 1. The third-order valence-corrected chi connectivity index (χ3v) is 3.85. The first-order valence-corrected chi connectivity index (χ1v) is 8.54. The molecule has 0 unspecified atom stereocenters. The number of nitrogens with two attached hydrogens (primary N) is 1. The first-order chi connectivity index (χ1) is 9.20. The Morgan fingerprint density at radius 2 is 1.76 bits per heavy atom. The van der Waals surface area contributed by atoms with Crippen molar-refractivity contribution in [2.45, 2.75) is 32.2 Å². The van der Waals surface area contributed by atoms with Gasteiger partial charge in [0, 0.05) is 12.8 Å². The molecule has 1 aromatic rings. The average molecular weight is 335 g/mol. The Bertz CT molecular complexity index is 573. The molecule has 0 bridgehead atoms. The van der Waals surface area contributed by atoms with E-state index >= 15 is 0 Å². The predicted octanol–water partition coefficient (Wildman–Crippen LogP) is 1.25. The fourth-order valence-electron chi connectivity index (χ4n) is 1.76. The second kappa shape index (κ2) is 8.36. The van der Waals surface area contributed by atoms with E-state index in [-0.39, 0.29) is 36.5 Å². The number of hydrogen-bond acceptors (Lipinski definition) is 4. The van der Waals surface area contributed by atoms with Crippen LogP contribution in [0.15, 0.2) is 24.3 Å². The molecule has 0 aliphatic rings. The molecule has 1 amide bonds. The highest BCUT2D eigenvalue weighted by molar-refractivity contribution is 7.89. The number of hydrogen-bond donors (Lipinski definition) is 2. The molecule has 21 heavy (non-hydrogen) atoms. The van der Waals surface area contributed by atoms with Gasteiger partial charge in [-0.2, -0.15) is 0 Å². The van der Waals surface area contributed by atoms with Crippen LogP contribution >= 0.6 is 12.4 Å². The van der Waals surface area contributed by atoms with Crippen molar-refractivity contribution in [3.8, 4) is 0 Å². The minimum atomic E-state index is -3.11. The van der Waals surface area contributed by atoms with E-state index in [4.69, 9.17) is 5.73 Å². The normalized spacial score (nSPS) is 12.6. The molecule has 0 fully saturated rings. The fraction of sp³-hybridized carbons (Fsp3) is 0.500. The third kappa shape index (κ3) is 6.93. The SMILES string of the molecule is CC(C)[C@H](N)C(=O)NCc1ccccc1CS(C)(=O)=O.Cl. The lowest BCUT2D eigenvalue weighted by atomic mass is 10.0. The summed E-state index contributed by atoms with van der Waals surface area (Å²) >= 11 is 0. The summed E-state index contributed by atoms with van der Waals surface area (Å²) in [6, 6.07) is 6.60. The number of sulfone groups is 1. The highest BCUT2D eigenvalue weighted by Gasteiger charge is 2.17. The molecule has 0 aliphatic carbocycles. The second-order valence-electron chi connectivity index (χ2n) is 5.33. The maximum atomic E-state index is 11.8. The van der Waals surface area contributed by atoms with Crippen LogP contribution in [0.3, 0.4) is 0 Å². The summed E-state index contributed by atoms with van der Waals surface area (Å²) in [4.78, 5) is 11.8. The largest absolute Gasteiger partial charge is 0.351 e. The lowest BCUT2D eigenvalue weighted by Crippen LogP contribution is -2.43. The van der Waals surface area contributed by atoms with Crippen molar-refractivity contribution in [1.82, 2.24) is 5.32 Å². The smallest absolute Gasteiger partial charge is 0.237 e. The summed E-state index contributed by atoms with van der Waals surface area (Å²) in [5.41, 5.74) is 7.25. The second-order valence-corrected chi connectivity index (χ2v) is 7.47. The Hall–Kier alpha value is -1.11. The van der Waals surface area contributed by atoms with Gasteiger partial charge in [-0.05, 0) is 17.0 Å². The molecule has 0 saturated carbocycles. The van der Waals surface area contributed by atoms with Gasteiger partial charge in [0.1, 0.15) is 0 Å². The molecule has 0 aliphatic heterocycles. The fourth-order valence-corrected chi connectivity index (χ4v) is 2.60. The van der Waals surface area contributed by atoms with E-state index in [0.29, 0.717) is 5.56 Å². The van der Waals surface area contributed by atoms with E-state index in [0.717, 1.165) is 5.56 Å². The van der Waals surface area contributed by atoms with Gasteiger partial charge in [0.05, 0.1) is 11.8 Å². The van der Waals surface area contributed by atoms with Crippen LogP contribution in [0.5, 0.6) is 0 Å². The Morgan fingerprint density at radius 1 is 1.24 bits per heavy atom. The van der Waals surface area contributed by atoms with Crippen LogP contribution in [-0.4, -0.2) is 26.6 Å². The van der Waals surface area contributed by atoms with Gasteiger partial charge in [-0.15, -0.1) is 12.4 Å². The van der Waals surface area contributed by atoms with Gasteiger partial charge in [-0.3, -0.25) is 4.79 Å². The van der Waals surface area contributed by atoms with Crippen LogP contribution in [0.25, 0.3) is 0 Å². The van der Waals surface area contributed by atoms with Gasteiger partial charge in [0.15, 0.2) is 9.84 Å². The van der Waals surface area contributed by atoms with Crippen molar-refractivity contribution < 1.29 is 13.2 Å². The van der Waals surface area contributed by atoms with Gasteiger partial charge in [0.25, 0.3) is 0 Å². The molecule has 0 heterocycles. The number of rotatable bonds is 6. The van der Waals surface area contributed by atoms with Crippen molar-refractivity contribution in [3.05, 3.63) is 35.4 Å². The van der Waals surface area contributed by atoms with Crippen LogP contribution in [0.4, 0.5) is 0 Å².